The minimum atomic E-state index is -2.85. The molecule has 0 fully saturated rings. The van der Waals surface area contributed by atoms with Crippen molar-refractivity contribution in [1.82, 2.24) is 15.6 Å². The molecule has 0 atom stereocenters. The zero-order valence-electron chi connectivity index (χ0n) is 16.3. The van der Waals surface area contributed by atoms with Crippen LogP contribution in [0, 0.1) is 6.92 Å². The van der Waals surface area contributed by atoms with Crippen LogP contribution in [0.4, 0.5) is 8.78 Å². The summed E-state index contributed by atoms with van der Waals surface area (Å²) in [7, 11) is 1.67. The number of aromatic nitrogens is 1. The van der Waals surface area contributed by atoms with E-state index >= 15 is 0 Å². The molecule has 1 heterocycles. The predicted molar refractivity (Wildman–Crippen MR) is 123 cm³/mol. The average Bonchev–Trinajstić information content (AvgIpc) is 3.09. The third-order valence-corrected chi connectivity index (χ3v) is 4.54. The van der Waals surface area contributed by atoms with Crippen LogP contribution < -0.4 is 15.4 Å². The van der Waals surface area contributed by atoms with Gasteiger partial charge in [-0.25, -0.2) is 0 Å². The van der Waals surface area contributed by atoms with E-state index in [0.29, 0.717) is 24.6 Å². The number of aryl methyl sites for hydroxylation is 1. The summed E-state index contributed by atoms with van der Waals surface area (Å²) in [5.41, 5.74) is 4.25. The highest BCUT2D eigenvalue weighted by atomic mass is 127. The number of nitrogens with one attached hydrogen (secondary N) is 3. The van der Waals surface area contributed by atoms with E-state index in [1.807, 2.05) is 12.3 Å². The molecular formula is C21H25F2IN4O. The number of H-pyrrole nitrogens is 1. The molecule has 156 valence electrons. The summed E-state index contributed by atoms with van der Waals surface area (Å²) in [4.78, 5) is 7.49. The molecule has 3 aromatic rings. The molecule has 29 heavy (non-hydrogen) atoms. The number of hydrogen-bond acceptors (Lipinski definition) is 2. The molecule has 0 unspecified atom stereocenters. The standard InChI is InChI=1S/C21H24F2N4O.HI/c1-14-6-5-8-17-19(14)16(13-26-17)10-11-25-21(24-2)27-12-15-7-3-4-9-18(15)28-20(22)23;/h3-9,13,20,26H,10-12H2,1-2H3,(H2,24,25,27);1H. The molecule has 3 N–H and O–H groups in total. The summed E-state index contributed by atoms with van der Waals surface area (Å²) in [5.74, 6) is 0.762. The van der Waals surface area contributed by atoms with Gasteiger partial charge in [0.25, 0.3) is 0 Å². The van der Waals surface area contributed by atoms with Gasteiger partial charge in [-0.2, -0.15) is 8.78 Å². The molecule has 0 aliphatic rings. The quantitative estimate of drug-likeness (QED) is 0.245. The van der Waals surface area contributed by atoms with Crippen molar-refractivity contribution in [2.75, 3.05) is 13.6 Å². The van der Waals surface area contributed by atoms with Gasteiger partial charge in [0.05, 0.1) is 0 Å². The monoisotopic (exact) mass is 514 g/mol. The van der Waals surface area contributed by atoms with Gasteiger partial charge in [-0.1, -0.05) is 30.3 Å². The van der Waals surface area contributed by atoms with Crippen LogP contribution in [0.15, 0.2) is 53.7 Å². The highest BCUT2D eigenvalue weighted by Gasteiger charge is 2.10. The molecule has 3 rings (SSSR count). The van der Waals surface area contributed by atoms with Gasteiger partial charge in [-0.15, -0.1) is 24.0 Å². The fourth-order valence-corrected chi connectivity index (χ4v) is 3.22. The first-order valence-electron chi connectivity index (χ1n) is 9.11. The van der Waals surface area contributed by atoms with Crippen molar-refractivity contribution in [3.8, 4) is 5.75 Å². The molecule has 0 saturated carbocycles. The average molecular weight is 514 g/mol. The maximum Gasteiger partial charge on any atom is 0.387 e. The van der Waals surface area contributed by atoms with E-state index in [0.717, 1.165) is 11.9 Å². The summed E-state index contributed by atoms with van der Waals surface area (Å²) < 4.78 is 29.6. The smallest absolute Gasteiger partial charge is 0.387 e. The lowest BCUT2D eigenvalue weighted by Gasteiger charge is -2.14. The van der Waals surface area contributed by atoms with Gasteiger partial charge in [-0.3, -0.25) is 4.99 Å². The molecule has 0 aliphatic heterocycles. The number of halogens is 3. The number of nitrogens with zero attached hydrogens (tertiary/aromatic N) is 1. The second-order valence-corrected chi connectivity index (χ2v) is 6.40. The number of ether oxygens (including phenoxy) is 1. The highest BCUT2D eigenvalue weighted by molar-refractivity contribution is 14.0. The minimum Gasteiger partial charge on any atom is -0.434 e. The lowest BCUT2D eigenvalue weighted by Crippen LogP contribution is -2.37. The van der Waals surface area contributed by atoms with Crippen LogP contribution in [0.5, 0.6) is 5.75 Å². The van der Waals surface area contributed by atoms with Gasteiger partial charge >= 0.3 is 6.61 Å². The van der Waals surface area contributed by atoms with Gasteiger partial charge in [0.2, 0.25) is 0 Å². The predicted octanol–water partition coefficient (Wildman–Crippen LogP) is 4.60. The largest absolute Gasteiger partial charge is 0.434 e. The number of hydrogen-bond donors (Lipinski definition) is 3. The van der Waals surface area contributed by atoms with Crippen LogP contribution in [0.1, 0.15) is 16.7 Å². The minimum absolute atomic E-state index is 0. The second kappa shape index (κ2) is 11.0. The van der Waals surface area contributed by atoms with Crippen molar-refractivity contribution in [2.45, 2.75) is 26.5 Å². The second-order valence-electron chi connectivity index (χ2n) is 6.40. The molecule has 5 nitrogen and oxygen atoms in total. The van der Waals surface area contributed by atoms with Crippen LogP contribution in [-0.2, 0) is 13.0 Å². The molecule has 0 radical (unpaired) electrons. The summed E-state index contributed by atoms with van der Waals surface area (Å²) in [5, 5.41) is 7.65. The molecule has 1 aromatic heterocycles. The van der Waals surface area contributed by atoms with Crippen LogP contribution in [0.2, 0.25) is 0 Å². The van der Waals surface area contributed by atoms with Crippen LogP contribution in [0.25, 0.3) is 10.9 Å². The zero-order chi connectivity index (χ0) is 19.9. The third-order valence-electron chi connectivity index (χ3n) is 4.54. The van der Waals surface area contributed by atoms with Crippen molar-refractivity contribution in [3.63, 3.8) is 0 Å². The Morgan fingerprint density at radius 3 is 2.66 bits per heavy atom. The lowest BCUT2D eigenvalue weighted by atomic mass is 10.1. The first-order chi connectivity index (χ1) is 13.6. The number of aliphatic imine (C=N–C) groups is 1. The van der Waals surface area contributed by atoms with E-state index in [4.69, 9.17) is 0 Å². The normalized spacial score (nSPS) is 11.4. The Morgan fingerprint density at radius 1 is 1.10 bits per heavy atom. The van der Waals surface area contributed by atoms with Crippen molar-refractivity contribution in [3.05, 3.63) is 65.4 Å². The molecular weight excluding hydrogens is 489 g/mol. The van der Waals surface area contributed by atoms with E-state index in [9.17, 15) is 8.78 Å². The van der Waals surface area contributed by atoms with Gasteiger partial charge in [0.1, 0.15) is 5.75 Å². The number of para-hydroxylation sites is 1. The van der Waals surface area contributed by atoms with E-state index in [2.05, 4.69) is 44.4 Å². The Morgan fingerprint density at radius 2 is 1.90 bits per heavy atom. The SMILES string of the molecule is CN=C(NCCc1c[nH]c2cccc(C)c12)NCc1ccccc1OC(F)F.I. The summed E-state index contributed by atoms with van der Waals surface area (Å²) in [6, 6.07) is 12.9. The van der Waals surface area contributed by atoms with Crippen LogP contribution >= 0.6 is 24.0 Å². The van der Waals surface area contributed by atoms with Crippen LogP contribution in [-0.4, -0.2) is 31.1 Å². The van der Waals surface area contributed by atoms with Gasteiger partial charge < -0.3 is 20.4 Å². The fraction of sp³-hybridized carbons (Fsp3) is 0.286. The number of guanidine groups is 1. The van der Waals surface area contributed by atoms with E-state index in [1.165, 1.54) is 22.6 Å². The molecule has 0 saturated heterocycles. The van der Waals surface area contributed by atoms with E-state index < -0.39 is 6.61 Å². The number of benzene rings is 2. The molecule has 0 bridgehead atoms. The highest BCUT2D eigenvalue weighted by Crippen LogP contribution is 2.22. The Hall–Kier alpha value is -2.36. The molecule has 2 aromatic carbocycles. The van der Waals surface area contributed by atoms with Gasteiger partial charge in [0, 0.05) is 42.8 Å². The van der Waals surface area contributed by atoms with Crippen molar-refractivity contribution >= 4 is 40.8 Å². The van der Waals surface area contributed by atoms with Crippen molar-refractivity contribution in [1.29, 1.82) is 0 Å². The number of aromatic amines is 1. The zero-order valence-corrected chi connectivity index (χ0v) is 18.7. The Kier molecular flexibility index (Phi) is 8.69. The first-order valence-corrected chi connectivity index (χ1v) is 9.11. The lowest BCUT2D eigenvalue weighted by molar-refractivity contribution is -0.0504. The molecule has 0 aliphatic carbocycles. The van der Waals surface area contributed by atoms with Gasteiger partial charge in [-0.05, 0) is 36.6 Å². The van der Waals surface area contributed by atoms with E-state index in [1.54, 1.807) is 25.2 Å². The van der Waals surface area contributed by atoms with Crippen LogP contribution in [0.3, 0.4) is 0 Å². The molecule has 0 spiro atoms. The summed E-state index contributed by atoms with van der Waals surface area (Å²) >= 11 is 0. The van der Waals surface area contributed by atoms with Crippen molar-refractivity contribution < 1.29 is 13.5 Å². The number of rotatable bonds is 7. The van der Waals surface area contributed by atoms with E-state index in [-0.39, 0.29) is 29.7 Å². The Bertz CT molecular complexity index is 959. The number of fused-ring (bicyclic) bond motifs is 1. The maximum absolute atomic E-state index is 12.5. The third kappa shape index (κ3) is 6.06. The molecule has 8 heteroatoms. The Labute approximate surface area is 186 Å². The topological polar surface area (TPSA) is 61.4 Å². The number of alkyl halides is 2. The van der Waals surface area contributed by atoms with Crippen molar-refractivity contribution in [2.24, 2.45) is 4.99 Å². The summed E-state index contributed by atoms with van der Waals surface area (Å²) in [6.07, 6.45) is 2.87. The Balaban J connectivity index is 0.00000300. The summed E-state index contributed by atoms with van der Waals surface area (Å²) in [6.45, 7) is 0.274. The van der Waals surface area contributed by atoms with Gasteiger partial charge in [0.15, 0.2) is 5.96 Å². The maximum atomic E-state index is 12.5. The fourth-order valence-electron chi connectivity index (χ4n) is 3.22. The first kappa shape index (κ1) is 22.9. The molecule has 0 amide bonds.